The highest BCUT2D eigenvalue weighted by Gasteiger charge is 2.36. The molecule has 0 heterocycles. The maximum absolute atomic E-state index is 13.2. The molecule has 4 nitrogen and oxygen atoms in total. The van der Waals surface area contributed by atoms with Crippen LogP contribution in [0.25, 0.3) is 0 Å². The highest BCUT2D eigenvalue weighted by Crippen LogP contribution is 2.30. The summed E-state index contributed by atoms with van der Waals surface area (Å²) in [6, 6.07) is 3.24. The maximum Gasteiger partial charge on any atom is 0.241 e. The van der Waals surface area contributed by atoms with Gasteiger partial charge in [0.2, 0.25) is 10.0 Å². The Hall–Kier alpha value is -0.690. The first-order valence-corrected chi connectivity index (χ1v) is 7.93. The summed E-state index contributed by atoms with van der Waals surface area (Å²) in [6.07, 6.45) is 3.27. The topological polar surface area (TPSA) is 72.2 Å². The van der Waals surface area contributed by atoms with E-state index in [1.807, 2.05) is 0 Å². The minimum atomic E-state index is -3.81. The van der Waals surface area contributed by atoms with Crippen LogP contribution in [-0.2, 0) is 10.0 Å². The van der Waals surface area contributed by atoms with Gasteiger partial charge in [0.25, 0.3) is 0 Å². The molecule has 106 valence electrons. The minimum Gasteiger partial charge on any atom is -0.329 e. The van der Waals surface area contributed by atoms with Gasteiger partial charge < -0.3 is 5.73 Å². The second-order valence-electron chi connectivity index (χ2n) is 4.90. The fourth-order valence-electron chi connectivity index (χ4n) is 2.43. The van der Waals surface area contributed by atoms with E-state index in [1.54, 1.807) is 0 Å². The van der Waals surface area contributed by atoms with Crippen molar-refractivity contribution in [2.45, 2.75) is 36.1 Å². The molecule has 19 heavy (non-hydrogen) atoms. The fraction of sp³-hybridized carbons (Fsp3) is 0.500. The van der Waals surface area contributed by atoms with Crippen molar-refractivity contribution in [2.24, 2.45) is 5.73 Å². The van der Waals surface area contributed by atoms with Crippen LogP contribution >= 0.6 is 11.6 Å². The zero-order chi connectivity index (χ0) is 14.1. The molecule has 0 spiro atoms. The van der Waals surface area contributed by atoms with Crippen LogP contribution in [0.5, 0.6) is 0 Å². The first-order chi connectivity index (χ1) is 8.87. The van der Waals surface area contributed by atoms with E-state index in [0.717, 1.165) is 25.0 Å². The average Bonchev–Trinajstić information content (AvgIpc) is 2.76. The van der Waals surface area contributed by atoms with E-state index in [4.69, 9.17) is 17.3 Å². The summed E-state index contributed by atoms with van der Waals surface area (Å²) in [4.78, 5) is -0.169. The molecular weight excluding hydrogens is 291 g/mol. The van der Waals surface area contributed by atoms with Crippen LogP contribution in [-0.4, -0.2) is 20.5 Å². The number of halogens is 2. The summed E-state index contributed by atoms with van der Waals surface area (Å²) >= 11 is 5.68. The van der Waals surface area contributed by atoms with Crippen molar-refractivity contribution in [3.63, 3.8) is 0 Å². The van der Waals surface area contributed by atoms with Crippen LogP contribution < -0.4 is 10.5 Å². The first kappa shape index (κ1) is 14.7. The SMILES string of the molecule is NCC1(NS(=O)(=O)c2cc(F)cc(Cl)c2)CCCC1. The highest BCUT2D eigenvalue weighted by atomic mass is 35.5. The molecule has 1 aliphatic carbocycles. The first-order valence-electron chi connectivity index (χ1n) is 6.07. The molecule has 0 saturated heterocycles. The molecule has 0 amide bonds. The number of hydrogen-bond acceptors (Lipinski definition) is 3. The summed E-state index contributed by atoms with van der Waals surface area (Å²) in [5, 5.41) is 0.0496. The van der Waals surface area contributed by atoms with Crippen LogP contribution in [0.15, 0.2) is 23.1 Å². The van der Waals surface area contributed by atoms with Crippen LogP contribution in [0.2, 0.25) is 5.02 Å². The number of rotatable bonds is 4. The molecule has 0 bridgehead atoms. The van der Waals surface area contributed by atoms with E-state index in [2.05, 4.69) is 4.72 Å². The molecule has 1 aliphatic rings. The highest BCUT2D eigenvalue weighted by molar-refractivity contribution is 7.89. The zero-order valence-electron chi connectivity index (χ0n) is 10.3. The Labute approximate surface area is 117 Å². The van der Waals surface area contributed by atoms with Gasteiger partial charge in [-0.05, 0) is 31.0 Å². The Kier molecular flexibility index (Phi) is 4.15. The third-order valence-electron chi connectivity index (χ3n) is 3.45. The Balaban J connectivity index is 2.32. The smallest absolute Gasteiger partial charge is 0.241 e. The Morgan fingerprint density at radius 1 is 1.32 bits per heavy atom. The lowest BCUT2D eigenvalue weighted by molar-refractivity contribution is 0.399. The predicted molar refractivity (Wildman–Crippen MR) is 72.0 cm³/mol. The lowest BCUT2D eigenvalue weighted by Gasteiger charge is -2.28. The van der Waals surface area contributed by atoms with Crippen molar-refractivity contribution >= 4 is 21.6 Å². The average molecular weight is 307 g/mol. The summed E-state index contributed by atoms with van der Waals surface area (Å²) in [6.45, 7) is 0.231. The normalized spacial score (nSPS) is 18.7. The molecule has 0 radical (unpaired) electrons. The van der Waals surface area contributed by atoms with E-state index in [1.165, 1.54) is 6.07 Å². The third-order valence-corrected chi connectivity index (χ3v) is 5.22. The van der Waals surface area contributed by atoms with Gasteiger partial charge >= 0.3 is 0 Å². The second kappa shape index (κ2) is 5.36. The van der Waals surface area contributed by atoms with Gasteiger partial charge in [-0.1, -0.05) is 24.4 Å². The van der Waals surface area contributed by atoms with Crippen LogP contribution in [0.4, 0.5) is 4.39 Å². The van der Waals surface area contributed by atoms with E-state index < -0.39 is 21.4 Å². The van der Waals surface area contributed by atoms with Crippen LogP contribution in [0.1, 0.15) is 25.7 Å². The van der Waals surface area contributed by atoms with Crippen molar-refractivity contribution in [3.8, 4) is 0 Å². The van der Waals surface area contributed by atoms with Gasteiger partial charge in [-0.2, -0.15) is 0 Å². The lowest BCUT2D eigenvalue weighted by Crippen LogP contribution is -2.51. The van der Waals surface area contributed by atoms with Crippen molar-refractivity contribution in [2.75, 3.05) is 6.54 Å². The number of benzene rings is 1. The number of hydrogen-bond donors (Lipinski definition) is 2. The zero-order valence-corrected chi connectivity index (χ0v) is 11.9. The molecule has 0 unspecified atom stereocenters. The minimum absolute atomic E-state index is 0.0496. The molecule has 1 saturated carbocycles. The Morgan fingerprint density at radius 2 is 1.95 bits per heavy atom. The molecule has 0 aliphatic heterocycles. The monoisotopic (exact) mass is 306 g/mol. The van der Waals surface area contributed by atoms with Crippen molar-refractivity contribution in [1.29, 1.82) is 0 Å². The lowest BCUT2D eigenvalue weighted by atomic mass is 10.0. The fourth-order valence-corrected chi connectivity index (χ4v) is 4.24. The molecule has 3 N–H and O–H groups in total. The van der Waals surface area contributed by atoms with E-state index in [-0.39, 0.29) is 16.5 Å². The van der Waals surface area contributed by atoms with Crippen molar-refractivity contribution < 1.29 is 12.8 Å². The standard InChI is InChI=1S/C12H16ClFN2O2S/c13-9-5-10(14)7-11(6-9)19(17,18)16-12(8-15)3-1-2-4-12/h5-7,16H,1-4,8,15H2. The number of nitrogens with two attached hydrogens (primary N) is 1. The van der Waals surface area contributed by atoms with E-state index >= 15 is 0 Å². The van der Waals surface area contributed by atoms with Gasteiger partial charge in [0, 0.05) is 17.1 Å². The third kappa shape index (κ3) is 3.25. The van der Waals surface area contributed by atoms with Crippen LogP contribution in [0.3, 0.4) is 0 Å². The van der Waals surface area contributed by atoms with Crippen molar-refractivity contribution in [3.05, 3.63) is 29.0 Å². The van der Waals surface area contributed by atoms with Gasteiger partial charge in [-0.25, -0.2) is 17.5 Å². The molecule has 7 heteroatoms. The van der Waals surface area contributed by atoms with Gasteiger partial charge in [0.05, 0.1) is 4.90 Å². The summed E-state index contributed by atoms with van der Waals surface area (Å²) < 4.78 is 40.4. The molecule has 2 rings (SSSR count). The molecule has 0 atom stereocenters. The van der Waals surface area contributed by atoms with Crippen molar-refractivity contribution in [1.82, 2.24) is 4.72 Å². The van der Waals surface area contributed by atoms with Gasteiger partial charge in [0.1, 0.15) is 5.82 Å². The molecule has 0 aromatic heterocycles. The van der Waals surface area contributed by atoms with E-state index in [0.29, 0.717) is 12.8 Å². The molecule has 1 fully saturated rings. The van der Waals surface area contributed by atoms with E-state index in [9.17, 15) is 12.8 Å². The largest absolute Gasteiger partial charge is 0.329 e. The molecular formula is C12H16ClFN2O2S. The van der Waals surface area contributed by atoms with Crippen LogP contribution in [0, 0.1) is 5.82 Å². The molecule has 1 aromatic rings. The predicted octanol–water partition coefficient (Wildman–Crippen LogP) is 2.03. The summed E-state index contributed by atoms with van der Waals surface area (Å²) in [5.74, 6) is -0.680. The molecule has 1 aromatic carbocycles. The maximum atomic E-state index is 13.2. The Morgan fingerprint density at radius 3 is 2.47 bits per heavy atom. The van der Waals surface area contributed by atoms with Gasteiger partial charge in [-0.3, -0.25) is 0 Å². The second-order valence-corrected chi connectivity index (χ2v) is 7.02. The van der Waals surface area contributed by atoms with Gasteiger partial charge in [0.15, 0.2) is 0 Å². The summed E-state index contributed by atoms with van der Waals surface area (Å²) in [7, 11) is -3.81. The Bertz CT molecular complexity index is 551. The van der Waals surface area contributed by atoms with Gasteiger partial charge in [-0.15, -0.1) is 0 Å². The number of sulfonamides is 1. The summed E-state index contributed by atoms with van der Waals surface area (Å²) in [5.41, 5.74) is 5.07. The quantitative estimate of drug-likeness (QED) is 0.894. The number of nitrogens with one attached hydrogen (secondary N) is 1.